The second-order valence-electron chi connectivity index (χ2n) is 4.36. The molecule has 1 aliphatic rings. The second kappa shape index (κ2) is 6.93. The first kappa shape index (κ1) is 12.8. The summed E-state index contributed by atoms with van der Waals surface area (Å²) in [6.45, 7) is 4.21. The van der Waals surface area contributed by atoms with Gasteiger partial charge in [-0.1, -0.05) is 0 Å². The number of nitrogens with one attached hydrogen (secondary N) is 2. The first-order chi connectivity index (χ1) is 8.40. The maximum absolute atomic E-state index is 4.37. The Balaban J connectivity index is 1.77. The first-order valence-electron chi connectivity index (χ1n) is 6.15. The lowest BCUT2D eigenvalue weighted by atomic mass is 10.00. The third-order valence-corrected chi connectivity index (χ3v) is 3.78. The van der Waals surface area contributed by atoms with Crippen LogP contribution in [0.4, 0.5) is 0 Å². The zero-order valence-electron chi connectivity index (χ0n) is 10.3. The van der Waals surface area contributed by atoms with E-state index in [0.29, 0.717) is 0 Å². The Bertz CT molecular complexity index is 339. The number of hydrogen-bond acceptors (Lipinski definition) is 5. The van der Waals surface area contributed by atoms with E-state index in [1.807, 2.05) is 6.26 Å². The second-order valence-corrected chi connectivity index (χ2v) is 5.15. The van der Waals surface area contributed by atoms with Gasteiger partial charge in [0.25, 0.3) is 0 Å². The molecular weight excluding hydrogens is 232 g/mol. The lowest BCUT2D eigenvalue weighted by Crippen LogP contribution is -2.36. The van der Waals surface area contributed by atoms with Crippen molar-refractivity contribution in [3.05, 3.63) is 18.1 Å². The van der Waals surface area contributed by atoms with E-state index < -0.39 is 0 Å². The molecule has 0 amide bonds. The highest BCUT2D eigenvalue weighted by molar-refractivity contribution is 7.98. The van der Waals surface area contributed by atoms with Crippen molar-refractivity contribution in [2.75, 3.05) is 25.9 Å². The number of nitrogens with zero attached hydrogens (tertiary/aromatic N) is 2. The van der Waals surface area contributed by atoms with Crippen LogP contribution in [0.1, 0.15) is 18.5 Å². The third-order valence-electron chi connectivity index (χ3n) is 3.05. The Hall–Kier alpha value is -0.650. The van der Waals surface area contributed by atoms with Crippen LogP contribution >= 0.6 is 11.8 Å². The van der Waals surface area contributed by atoms with Crippen LogP contribution < -0.4 is 10.6 Å². The van der Waals surface area contributed by atoms with Gasteiger partial charge in [-0.25, -0.2) is 4.98 Å². The van der Waals surface area contributed by atoms with E-state index in [4.69, 9.17) is 0 Å². The maximum Gasteiger partial charge on any atom is 0.119 e. The average Bonchev–Trinajstić information content (AvgIpc) is 2.40. The molecule has 0 bridgehead atoms. The van der Waals surface area contributed by atoms with Gasteiger partial charge in [0.05, 0.1) is 5.69 Å². The lowest BCUT2D eigenvalue weighted by molar-refractivity contribution is 0.359. The summed E-state index contributed by atoms with van der Waals surface area (Å²) < 4.78 is 0. The monoisotopic (exact) mass is 252 g/mol. The molecule has 0 radical (unpaired) electrons. The molecule has 5 heteroatoms. The van der Waals surface area contributed by atoms with Crippen molar-refractivity contribution in [2.45, 2.75) is 24.4 Å². The van der Waals surface area contributed by atoms with Crippen LogP contribution in [0, 0.1) is 5.92 Å². The molecule has 1 aliphatic heterocycles. The quantitative estimate of drug-likeness (QED) is 0.773. The van der Waals surface area contributed by atoms with Crippen molar-refractivity contribution >= 4 is 11.8 Å². The average molecular weight is 252 g/mol. The molecule has 4 nitrogen and oxygen atoms in total. The maximum atomic E-state index is 4.37. The number of hydrogen-bond donors (Lipinski definition) is 2. The van der Waals surface area contributed by atoms with Crippen LogP contribution in [-0.2, 0) is 6.54 Å². The fourth-order valence-electron chi connectivity index (χ4n) is 2.14. The van der Waals surface area contributed by atoms with E-state index in [1.165, 1.54) is 19.4 Å². The van der Waals surface area contributed by atoms with E-state index >= 15 is 0 Å². The zero-order valence-corrected chi connectivity index (χ0v) is 11.1. The topological polar surface area (TPSA) is 49.8 Å². The van der Waals surface area contributed by atoms with Crippen molar-refractivity contribution in [2.24, 2.45) is 5.92 Å². The van der Waals surface area contributed by atoms with Crippen molar-refractivity contribution in [3.63, 3.8) is 0 Å². The summed E-state index contributed by atoms with van der Waals surface area (Å²) in [6, 6.07) is 0. The van der Waals surface area contributed by atoms with Crippen molar-refractivity contribution in [1.29, 1.82) is 0 Å². The summed E-state index contributed by atoms with van der Waals surface area (Å²) in [5, 5.41) is 7.95. The molecule has 0 saturated carbocycles. The van der Waals surface area contributed by atoms with Gasteiger partial charge in [-0.15, -0.1) is 11.8 Å². The SMILES string of the molecule is CSc1nccnc1CNCC1CCCNC1. The molecule has 94 valence electrons. The van der Waals surface area contributed by atoms with Crippen molar-refractivity contribution in [1.82, 2.24) is 20.6 Å². The Morgan fingerprint density at radius 2 is 2.35 bits per heavy atom. The van der Waals surface area contributed by atoms with Crippen molar-refractivity contribution in [3.8, 4) is 0 Å². The zero-order chi connectivity index (χ0) is 11.9. The van der Waals surface area contributed by atoms with Crippen LogP contribution in [0.25, 0.3) is 0 Å². The number of aromatic nitrogens is 2. The molecule has 0 aliphatic carbocycles. The molecule has 2 rings (SSSR count). The lowest BCUT2D eigenvalue weighted by Gasteiger charge is -2.22. The molecule has 2 heterocycles. The summed E-state index contributed by atoms with van der Waals surface area (Å²) >= 11 is 1.66. The third kappa shape index (κ3) is 3.94. The van der Waals surface area contributed by atoms with Crippen LogP contribution in [0.15, 0.2) is 17.4 Å². The molecule has 1 aromatic heterocycles. The molecule has 1 fully saturated rings. The number of piperidine rings is 1. The van der Waals surface area contributed by atoms with Gasteiger partial charge < -0.3 is 10.6 Å². The summed E-state index contributed by atoms with van der Waals surface area (Å²) in [6.07, 6.45) is 8.18. The highest BCUT2D eigenvalue weighted by Crippen LogP contribution is 2.14. The molecular formula is C12H20N4S. The summed E-state index contributed by atoms with van der Waals surface area (Å²) in [7, 11) is 0. The van der Waals surface area contributed by atoms with Crippen molar-refractivity contribution < 1.29 is 0 Å². The van der Waals surface area contributed by atoms with Crippen LogP contribution in [0.3, 0.4) is 0 Å². The minimum Gasteiger partial charge on any atom is -0.316 e. The normalized spacial score (nSPS) is 20.4. The van der Waals surface area contributed by atoms with Gasteiger partial charge in [-0.05, 0) is 44.6 Å². The van der Waals surface area contributed by atoms with Gasteiger partial charge in [-0.2, -0.15) is 0 Å². The van der Waals surface area contributed by atoms with Gasteiger partial charge >= 0.3 is 0 Å². The summed E-state index contributed by atoms with van der Waals surface area (Å²) in [5.41, 5.74) is 1.06. The molecule has 17 heavy (non-hydrogen) atoms. The highest BCUT2D eigenvalue weighted by Gasteiger charge is 2.12. The van der Waals surface area contributed by atoms with Gasteiger partial charge in [0.2, 0.25) is 0 Å². The van der Waals surface area contributed by atoms with E-state index in [2.05, 4.69) is 20.6 Å². The summed E-state index contributed by atoms with van der Waals surface area (Å²) in [5.74, 6) is 0.762. The predicted molar refractivity (Wildman–Crippen MR) is 71.1 cm³/mol. The first-order valence-corrected chi connectivity index (χ1v) is 7.38. The number of thioether (sulfide) groups is 1. The largest absolute Gasteiger partial charge is 0.316 e. The molecule has 1 unspecified atom stereocenters. The van der Waals surface area contributed by atoms with E-state index in [0.717, 1.165) is 36.3 Å². The Labute approximate surface area is 107 Å². The Morgan fingerprint density at radius 1 is 1.47 bits per heavy atom. The number of rotatable bonds is 5. The molecule has 0 spiro atoms. The van der Waals surface area contributed by atoms with E-state index in [1.54, 1.807) is 24.2 Å². The molecule has 1 aromatic rings. The smallest absolute Gasteiger partial charge is 0.119 e. The summed E-state index contributed by atoms with van der Waals surface area (Å²) in [4.78, 5) is 8.68. The molecule has 0 aromatic carbocycles. The predicted octanol–water partition coefficient (Wildman–Crippen LogP) is 1.29. The minimum absolute atomic E-state index is 0.762. The molecule has 2 N–H and O–H groups in total. The Morgan fingerprint density at radius 3 is 3.12 bits per heavy atom. The van der Waals surface area contributed by atoms with Crippen LogP contribution in [-0.4, -0.2) is 35.9 Å². The fourth-order valence-corrected chi connectivity index (χ4v) is 2.67. The van der Waals surface area contributed by atoms with Crippen LogP contribution in [0.2, 0.25) is 0 Å². The molecule has 1 saturated heterocycles. The fraction of sp³-hybridized carbons (Fsp3) is 0.667. The van der Waals surface area contributed by atoms with Gasteiger partial charge in [0.1, 0.15) is 5.03 Å². The van der Waals surface area contributed by atoms with E-state index in [9.17, 15) is 0 Å². The standard InChI is InChI=1S/C12H20N4S/c1-17-12-11(15-5-6-16-12)9-14-8-10-3-2-4-13-7-10/h5-6,10,13-14H,2-4,7-9H2,1H3. The Kier molecular flexibility index (Phi) is 5.22. The van der Waals surface area contributed by atoms with Gasteiger partial charge in [0, 0.05) is 18.9 Å². The minimum atomic E-state index is 0.762. The van der Waals surface area contributed by atoms with Gasteiger partial charge in [0.15, 0.2) is 0 Å². The van der Waals surface area contributed by atoms with Gasteiger partial charge in [-0.3, -0.25) is 4.98 Å². The van der Waals surface area contributed by atoms with Crippen LogP contribution in [0.5, 0.6) is 0 Å². The highest BCUT2D eigenvalue weighted by atomic mass is 32.2. The van der Waals surface area contributed by atoms with E-state index in [-0.39, 0.29) is 0 Å². The molecule has 1 atom stereocenters.